The number of anilines is 1. The van der Waals surface area contributed by atoms with E-state index in [-0.39, 0.29) is 29.1 Å². The van der Waals surface area contributed by atoms with Crippen molar-refractivity contribution in [1.29, 1.82) is 0 Å². The lowest BCUT2D eigenvalue weighted by atomic mass is 9.95. The predicted octanol–water partition coefficient (Wildman–Crippen LogP) is 6.33. The molecule has 2 amide bonds. The summed E-state index contributed by atoms with van der Waals surface area (Å²) in [7, 11) is -4.24. The van der Waals surface area contributed by atoms with E-state index in [9.17, 15) is 22.4 Å². The van der Waals surface area contributed by atoms with Gasteiger partial charge in [0, 0.05) is 17.6 Å². The maximum Gasteiger partial charge on any atom is 0.264 e. The van der Waals surface area contributed by atoms with Gasteiger partial charge in [0.1, 0.15) is 24.2 Å². The smallest absolute Gasteiger partial charge is 0.264 e. The molecule has 1 N–H and O–H groups in total. The van der Waals surface area contributed by atoms with Crippen LogP contribution >= 0.6 is 11.6 Å². The highest BCUT2D eigenvalue weighted by Crippen LogP contribution is 2.28. The van der Waals surface area contributed by atoms with Gasteiger partial charge in [0.15, 0.2) is 0 Å². The summed E-state index contributed by atoms with van der Waals surface area (Å²) in [5, 5.41) is 3.48. The number of halogens is 2. The Bertz CT molecular complexity index is 1500. The quantitative estimate of drug-likeness (QED) is 0.235. The van der Waals surface area contributed by atoms with Crippen LogP contribution in [0.1, 0.15) is 57.9 Å². The summed E-state index contributed by atoms with van der Waals surface area (Å²) in [5.41, 5.74) is 0.857. The number of rotatable bonds is 13. The van der Waals surface area contributed by atoms with Gasteiger partial charge < -0.3 is 15.0 Å². The summed E-state index contributed by atoms with van der Waals surface area (Å²) in [6.07, 6.45) is 5.23. The van der Waals surface area contributed by atoms with Crippen molar-refractivity contribution in [3.05, 3.63) is 89.2 Å². The summed E-state index contributed by atoms with van der Waals surface area (Å²) < 4.78 is 48.3. The maximum absolute atomic E-state index is 14.2. The minimum atomic E-state index is -4.24. The first kappa shape index (κ1) is 33.3. The minimum Gasteiger partial charge on any atom is -0.494 e. The fourth-order valence-corrected chi connectivity index (χ4v) is 6.93. The maximum atomic E-state index is 14.2. The molecule has 0 heterocycles. The summed E-state index contributed by atoms with van der Waals surface area (Å²) in [6.45, 7) is 3.50. The van der Waals surface area contributed by atoms with Crippen molar-refractivity contribution in [2.45, 2.75) is 75.9 Å². The van der Waals surface area contributed by atoms with Gasteiger partial charge in [-0.25, -0.2) is 12.8 Å². The average Bonchev–Trinajstić information content (AvgIpc) is 3.02. The minimum absolute atomic E-state index is 0.00613. The van der Waals surface area contributed by atoms with Crippen molar-refractivity contribution < 1.29 is 27.1 Å². The number of ether oxygens (including phenoxy) is 1. The number of nitrogens with one attached hydrogen (secondary N) is 1. The molecule has 1 aliphatic rings. The van der Waals surface area contributed by atoms with Crippen molar-refractivity contribution >= 4 is 39.1 Å². The Kier molecular flexibility index (Phi) is 11.6. The molecular weight excluding hydrogens is 605 g/mol. The Morgan fingerprint density at radius 3 is 2.18 bits per heavy atom. The lowest BCUT2D eigenvalue weighted by Gasteiger charge is -2.34. The summed E-state index contributed by atoms with van der Waals surface area (Å²) in [4.78, 5) is 29.2. The summed E-state index contributed by atoms with van der Waals surface area (Å²) in [6, 6.07) is 17.0. The second kappa shape index (κ2) is 15.4. The summed E-state index contributed by atoms with van der Waals surface area (Å²) in [5.74, 6) is -0.742. The first-order chi connectivity index (χ1) is 21.1. The van der Waals surface area contributed by atoms with Gasteiger partial charge in [0.2, 0.25) is 11.8 Å². The van der Waals surface area contributed by atoms with Crippen LogP contribution in [0.15, 0.2) is 77.7 Å². The molecule has 1 aliphatic carbocycles. The van der Waals surface area contributed by atoms with Crippen molar-refractivity contribution in [2.24, 2.45) is 0 Å². The zero-order chi connectivity index (χ0) is 31.7. The highest BCUT2D eigenvalue weighted by molar-refractivity contribution is 7.92. The molecule has 3 aromatic carbocycles. The molecule has 0 aromatic heterocycles. The topological polar surface area (TPSA) is 96.0 Å². The van der Waals surface area contributed by atoms with Crippen LogP contribution in [0.3, 0.4) is 0 Å². The van der Waals surface area contributed by atoms with Gasteiger partial charge in [-0.05, 0) is 92.4 Å². The Balaban J connectivity index is 1.70. The molecule has 236 valence electrons. The molecule has 44 heavy (non-hydrogen) atoms. The van der Waals surface area contributed by atoms with E-state index in [1.54, 1.807) is 36.4 Å². The van der Waals surface area contributed by atoms with Crippen LogP contribution in [0.4, 0.5) is 10.1 Å². The highest BCUT2D eigenvalue weighted by Gasteiger charge is 2.34. The van der Waals surface area contributed by atoms with E-state index in [4.69, 9.17) is 16.3 Å². The van der Waals surface area contributed by atoms with Crippen molar-refractivity contribution in [3.8, 4) is 5.75 Å². The van der Waals surface area contributed by atoms with Gasteiger partial charge >= 0.3 is 0 Å². The number of amides is 2. The van der Waals surface area contributed by atoms with Gasteiger partial charge in [-0.1, -0.05) is 49.9 Å². The van der Waals surface area contributed by atoms with E-state index in [1.165, 1.54) is 41.3 Å². The fraction of sp³-hybridized carbons (Fsp3) is 0.394. The zero-order valence-corrected chi connectivity index (χ0v) is 26.6. The monoisotopic (exact) mass is 643 g/mol. The normalized spacial score (nSPS) is 14.5. The van der Waals surface area contributed by atoms with Crippen LogP contribution in [0.5, 0.6) is 5.75 Å². The third-order valence-electron chi connectivity index (χ3n) is 7.72. The molecule has 8 nitrogen and oxygen atoms in total. The Hall–Kier alpha value is -3.63. The Labute approximate surface area is 264 Å². The van der Waals surface area contributed by atoms with Gasteiger partial charge in [-0.2, -0.15) is 0 Å². The molecule has 11 heteroatoms. The molecule has 1 saturated carbocycles. The first-order valence-electron chi connectivity index (χ1n) is 15.0. The van der Waals surface area contributed by atoms with Crippen molar-refractivity contribution in [3.63, 3.8) is 0 Å². The van der Waals surface area contributed by atoms with E-state index in [2.05, 4.69) is 5.32 Å². The largest absolute Gasteiger partial charge is 0.494 e. The van der Waals surface area contributed by atoms with E-state index >= 15 is 0 Å². The van der Waals surface area contributed by atoms with Crippen molar-refractivity contribution in [2.75, 3.05) is 17.5 Å². The lowest BCUT2D eigenvalue weighted by molar-refractivity contribution is -0.140. The third-order valence-corrected chi connectivity index (χ3v) is 9.76. The molecule has 0 saturated heterocycles. The molecule has 3 aromatic rings. The fourth-order valence-electron chi connectivity index (χ4n) is 5.39. The number of hydrogen-bond acceptors (Lipinski definition) is 5. The van der Waals surface area contributed by atoms with Crippen LogP contribution < -0.4 is 14.4 Å². The highest BCUT2D eigenvalue weighted by atomic mass is 35.5. The van der Waals surface area contributed by atoms with Crippen LogP contribution in [0, 0.1) is 5.82 Å². The molecule has 1 atom stereocenters. The zero-order valence-electron chi connectivity index (χ0n) is 25.0. The molecule has 0 unspecified atom stereocenters. The molecule has 0 aliphatic heterocycles. The number of carbonyl (C=O) groups is 2. The van der Waals surface area contributed by atoms with Gasteiger partial charge in [-0.3, -0.25) is 13.9 Å². The molecule has 0 bridgehead atoms. The predicted molar refractivity (Wildman–Crippen MR) is 170 cm³/mol. The number of nitrogens with zero attached hydrogens (tertiary/aromatic N) is 2. The van der Waals surface area contributed by atoms with Crippen molar-refractivity contribution in [1.82, 2.24) is 10.2 Å². The Morgan fingerprint density at radius 1 is 0.955 bits per heavy atom. The van der Waals surface area contributed by atoms with Gasteiger partial charge in [-0.15, -0.1) is 0 Å². The third kappa shape index (κ3) is 8.51. The first-order valence-corrected chi connectivity index (χ1v) is 16.8. The molecule has 0 spiro atoms. The number of hydrogen-bond donors (Lipinski definition) is 1. The van der Waals surface area contributed by atoms with Gasteiger partial charge in [0.05, 0.1) is 17.2 Å². The van der Waals surface area contributed by atoms with Crippen LogP contribution in [0.2, 0.25) is 5.02 Å². The second-order valence-electron chi connectivity index (χ2n) is 10.8. The van der Waals surface area contributed by atoms with Crippen LogP contribution in [0.25, 0.3) is 0 Å². The van der Waals surface area contributed by atoms with E-state index < -0.39 is 34.3 Å². The second-order valence-corrected chi connectivity index (χ2v) is 13.1. The van der Waals surface area contributed by atoms with E-state index in [0.29, 0.717) is 29.4 Å². The van der Waals surface area contributed by atoms with E-state index in [0.717, 1.165) is 36.4 Å². The molecule has 0 radical (unpaired) electrons. The molecule has 4 rings (SSSR count). The number of sulfonamides is 1. The molecular formula is C33H39ClFN3O5S. The standard InChI is InChI=1S/C33H39ClFN3O5S/c1-3-31(33(40)36-27-8-6-5-7-9-27)37(22-24-10-14-26(35)15-11-24)32(39)23-38(28-16-18-29(19-17-28)43-4-2)44(41,42)30-20-12-25(34)13-21-30/h10-21,27,31H,3-9,22-23H2,1-2H3,(H,36,40)/t31-/m1/s1. The van der Waals surface area contributed by atoms with Crippen LogP contribution in [-0.4, -0.2) is 50.4 Å². The lowest BCUT2D eigenvalue weighted by Crippen LogP contribution is -2.54. The SMILES string of the molecule is CCOc1ccc(N(CC(=O)N(Cc2ccc(F)cc2)[C@H](CC)C(=O)NC2CCCCC2)S(=O)(=O)c2ccc(Cl)cc2)cc1. The van der Waals surface area contributed by atoms with E-state index in [1.807, 2.05) is 13.8 Å². The Morgan fingerprint density at radius 2 is 1.59 bits per heavy atom. The molecule has 1 fully saturated rings. The van der Waals surface area contributed by atoms with Crippen LogP contribution in [-0.2, 0) is 26.2 Å². The average molecular weight is 644 g/mol. The number of benzene rings is 3. The number of carbonyl (C=O) groups excluding carboxylic acids is 2. The summed E-state index contributed by atoms with van der Waals surface area (Å²) >= 11 is 6.02. The van der Waals surface area contributed by atoms with Gasteiger partial charge in [0.25, 0.3) is 10.0 Å².